The largest absolute Gasteiger partial charge is 0.394 e. The van der Waals surface area contributed by atoms with Crippen LogP contribution in [0.25, 0.3) is 16.7 Å². The maximum atomic E-state index is 9.56. The molecule has 2 heterocycles. The second kappa shape index (κ2) is 7.37. The van der Waals surface area contributed by atoms with Gasteiger partial charge in [-0.25, -0.2) is 9.97 Å². The Kier molecular flexibility index (Phi) is 5.34. The second-order valence-electron chi connectivity index (χ2n) is 6.82. The topological polar surface area (TPSA) is 63.0 Å². The Bertz CT molecular complexity index is 937. The van der Waals surface area contributed by atoms with E-state index in [4.69, 9.17) is 4.98 Å². The molecule has 0 aliphatic rings. The molecule has 3 aromatic rings. The number of aryl methyl sites for hydroxylation is 4. The van der Waals surface area contributed by atoms with Gasteiger partial charge in [0.2, 0.25) is 0 Å². The van der Waals surface area contributed by atoms with E-state index in [0.717, 1.165) is 39.0 Å². The van der Waals surface area contributed by atoms with Gasteiger partial charge >= 0.3 is 0 Å². The number of rotatable bonds is 5. The summed E-state index contributed by atoms with van der Waals surface area (Å²) in [6.07, 6.45) is 2.94. The molecule has 6 heteroatoms. The molecule has 0 saturated carbocycles. The molecule has 2 N–H and O–H groups in total. The van der Waals surface area contributed by atoms with E-state index >= 15 is 0 Å². The SMILES string of the molecule is CCC(CO)Nc1nc(C)nc2c1c(C)cn2-c1c(C)cc(Br)cc1C. The smallest absolute Gasteiger partial charge is 0.150 e. The molecule has 138 valence electrons. The molecule has 0 bridgehead atoms. The molecule has 0 aliphatic carbocycles. The molecule has 0 fully saturated rings. The molecular weight excluding hydrogens is 392 g/mol. The lowest BCUT2D eigenvalue weighted by molar-refractivity contribution is 0.271. The van der Waals surface area contributed by atoms with E-state index in [1.54, 1.807) is 0 Å². The van der Waals surface area contributed by atoms with Crippen LogP contribution in [0.1, 0.15) is 35.9 Å². The van der Waals surface area contributed by atoms with Crippen LogP contribution in [0.4, 0.5) is 5.82 Å². The minimum absolute atomic E-state index is 0.0218. The van der Waals surface area contributed by atoms with Crippen molar-refractivity contribution in [3.63, 3.8) is 0 Å². The van der Waals surface area contributed by atoms with Gasteiger partial charge in [-0.1, -0.05) is 22.9 Å². The predicted molar refractivity (Wildman–Crippen MR) is 110 cm³/mol. The fourth-order valence-corrected chi connectivity index (χ4v) is 4.13. The maximum absolute atomic E-state index is 9.56. The highest BCUT2D eigenvalue weighted by atomic mass is 79.9. The van der Waals surface area contributed by atoms with Crippen LogP contribution in [0, 0.1) is 27.7 Å². The van der Waals surface area contributed by atoms with E-state index in [1.807, 2.05) is 13.8 Å². The Balaban J connectivity index is 2.26. The molecule has 0 radical (unpaired) electrons. The lowest BCUT2D eigenvalue weighted by Crippen LogP contribution is -2.23. The lowest BCUT2D eigenvalue weighted by Gasteiger charge is -2.17. The summed E-state index contributed by atoms with van der Waals surface area (Å²) < 4.78 is 3.23. The summed E-state index contributed by atoms with van der Waals surface area (Å²) in [4.78, 5) is 9.34. The molecule has 1 aromatic carbocycles. The van der Waals surface area contributed by atoms with Gasteiger partial charge in [0.15, 0.2) is 5.65 Å². The van der Waals surface area contributed by atoms with Crippen LogP contribution in [0.5, 0.6) is 0 Å². The second-order valence-corrected chi connectivity index (χ2v) is 7.74. The first-order valence-electron chi connectivity index (χ1n) is 8.86. The third kappa shape index (κ3) is 3.35. The van der Waals surface area contributed by atoms with Gasteiger partial charge in [-0.05, 0) is 62.9 Å². The van der Waals surface area contributed by atoms with Crippen molar-refractivity contribution in [1.29, 1.82) is 0 Å². The van der Waals surface area contributed by atoms with Gasteiger partial charge < -0.3 is 15.0 Å². The number of fused-ring (bicyclic) bond motifs is 1. The summed E-state index contributed by atoms with van der Waals surface area (Å²) in [5.41, 5.74) is 5.50. The van der Waals surface area contributed by atoms with Crippen molar-refractivity contribution in [1.82, 2.24) is 14.5 Å². The summed E-state index contributed by atoms with van der Waals surface area (Å²) in [6.45, 7) is 10.3. The van der Waals surface area contributed by atoms with Gasteiger partial charge in [0.05, 0.1) is 23.7 Å². The van der Waals surface area contributed by atoms with Gasteiger partial charge in [-0.3, -0.25) is 0 Å². The van der Waals surface area contributed by atoms with Gasteiger partial charge in [0, 0.05) is 10.7 Å². The Morgan fingerprint density at radius 2 is 1.77 bits per heavy atom. The quantitative estimate of drug-likeness (QED) is 0.637. The van der Waals surface area contributed by atoms with Crippen molar-refractivity contribution in [2.45, 2.75) is 47.1 Å². The predicted octanol–water partition coefficient (Wildman–Crippen LogP) is 4.60. The highest BCUT2D eigenvalue weighted by Gasteiger charge is 2.18. The number of anilines is 1. The van der Waals surface area contributed by atoms with Crippen molar-refractivity contribution < 1.29 is 5.11 Å². The van der Waals surface area contributed by atoms with Crippen LogP contribution in [0.3, 0.4) is 0 Å². The van der Waals surface area contributed by atoms with Crippen molar-refractivity contribution in [3.8, 4) is 5.69 Å². The summed E-state index contributed by atoms with van der Waals surface area (Å²) in [7, 11) is 0. The molecule has 26 heavy (non-hydrogen) atoms. The fraction of sp³-hybridized carbons (Fsp3) is 0.400. The minimum atomic E-state index is -0.0218. The minimum Gasteiger partial charge on any atom is -0.394 e. The van der Waals surface area contributed by atoms with Gasteiger partial charge in [-0.15, -0.1) is 0 Å². The molecule has 3 rings (SSSR count). The van der Waals surface area contributed by atoms with Gasteiger partial charge in [0.25, 0.3) is 0 Å². The molecule has 0 aliphatic heterocycles. The van der Waals surface area contributed by atoms with Gasteiger partial charge in [0.1, 0.15) is 11.6 Å². The van der Waals surface area contributed by atoms with Crippen molar-refractivity contribution in [2.75, 3.05) is 11.9 Å². The number of halogens is 1. The average Bonchev–Trinajstić information content (AvgIpc) is 2.88. The highest BCUT2D eigenvalue weighted by molar-refractivity contribution is 9.10. The third-order valence-corrected chi connectivity index (χ3v) is 5.16. The first-order valence-corrected chi connectivity index (χ1v) is 9.65. The van der Waals surface area contributed by atoms with E-state index in [-0.39, 0.29) is 12.6 Å². The molecule has 0 spiro atoms. The van der Waals surface area contributed by atoms with E-state index in [2.05, 4.69) is 69.9 Å². The highest BCUT2D eigenvalue weighted by Crippen LogP contribution is 2.32. The lowest BCUT2D eigenvalue weighted by atomic mass is 10.1. The number of nitrogens with one attached hydrogen (secondary N) is 1. The first-order chi connectivity index (χ1) is 12.3. The van der Waals surface area contributed by atoms with E-state index in [0.29, 0.717) is 5.82 Å². The van der Waals surface area contributed by atoms with Crippen LogP contribution in [0.15, 0.2) is 22.8 Å². The van der Waals surface area contributed by atoms with E-state index < -0.39 is 0 Å². The molecule has 0 saturated heterocycles. The number of aromatic nitrogens is 3. The molecule has 1 atom stereocenters. The van der Waals surface area contributed by atoms with E-state index in [1.165, 1.54) is 11.1 Å². The van der Waals surface area contributed by atoms with Gasteiger partial charge in [-0.2, -0.15) is 0 Å². The number of hydrogen-bond acceptors (Lipinski definition) is 4. The summed E-state index contributed by atoms with van der Waals surface area (Å²) >= 11 is 3.57. The van der Waals surface area contributed by atoms with Crippen molar-refractivity contribution in [3.05, 3.63) is 45.3 Å². The van der Waals surface area contributed by atoms with Crippen molar-refractivity contribution in [2.24, 2.45) is 0 Å². The Labute approximate surface area is 162 Å². The number of aliphatic hydroxyl groups is 1. The Morgan fingerprint density at radius 3 is 2.35 bits per heavy atom. The first kappa shape index (κ1) is 18.9. The zero-order chi connectivity index (χ0) is 19.0. The van der Waals surface area contributed by atoms with Crippen LogP contribution in [-0.4, -0.2) is 32.3 Å². The molecule has 1 unspecified atom stereocenters. The number of nitrogens with zero attached hydrogens (tertiary/aromatic N) is 3. The molecular formula is C20H25BrN4O. The average molecular weight is 417 g/mol. The molecule has 2 aromatic heterocycles. The summed E-state index contributed by atoms with van der Waals surface area (Å²) in [5.74, 6) is 1.50. The number of aliphatic hydroxyl groups excluding tert-OH is 1. The third-order valence-electron chi connectivity index (χ3n) is 4.70. The van der Waals surface area contributed by atoms with Crippen LogP contribution < -0.4 is 5.32 Å². The summed E-state index contributed by atoms with van der Waals surface area (Å²) in [6, 6.07) is 4.22. The standard InChI is InChI=1S/C20H25BrN4O/c1-6-16(10-26)24-19-17-13(4)9-25(20(17)23-14(5)22-19)18-11(2)7-15(21)8-12(18)3/h7-9,16,26H,6,10H2,1-5H3,(H,22,23,24). The zero-order valence-electron chi connectivity index (χ0n) is 15.9. The van der Waals surface area contributed by atoms with E-state index in [9.17, 15) is 5.11 Å². The number of benzene rings is 1. The van der Waals surface area contributed by atoms with Crippen LogP contribution in [-0.2, 0) is 0 Å². The Hall–Kier alpha value is -1.92. The normalized spacial score (nSPS) is 12.6. The Morgan fingerprint density at radius 1 is 1.12 bits per heavy atom. The number of hydrogen-bond donors (Lipinski definition) is 2. The van der Waals surface area contributed by atoms with Crippen LogP contribution >= 0.6 is 15.9 Å². The zero-order valence-corrected chi connectivity index (χ0v) is 17.5. The summed E-state index contributed by atoms with van der Waals surface area (Å²) in [5, 5.41) is 14.0. The maximum Gasteiger partial charge on any atom is 0.150 e. The monoisotopic (exact) mass is 416 g/mol. The van der Waals surface area contributed by atoms with Crippen LogP contribution in [0.2, 0.25) is 0 Å². The molecule has 0 amide bonds. The fourth-order valence-electron chi connectivity index (χ4n) is 3.44. The molecule has 5 nitrogen and oxygen atoms in total. The van der Waals surface area contributed by atoms with Crippen molar-refractivity contribution >= 4 is 32.8 Å².